The van der Waals surface area contributed by atoms with Crippen LogP contribution in [0.15, 0.2) is 33.1 Å². The van der Waals surface area contributed by atoms with Crippen molar-refractivity contribution >= 4 is 33.0 Å². The molecule has 2 aromatic rings. The van der Waals surface area contributed by atoms with Gasteiger partial charge in [0.25, 0.3) is 5.56 Å². The second kappa shape index (κ2) is 4.93. The summed E-state index contributed by atoms with van der Waals surface area (Å²) < 4.78 is 2.07. The first-order valence-corrected chi connectivity index (χ1v) is 6.54. The number of carbonyl (C=O) groups excluding carboxylic acids is 1. The van der Waals surface area contributed by atoms with Gasteiger partial charge in [-0.05, 0) is 34.3 Å². The highest BCUT2D eigenvalue weighted by Crippen LogP contribution is 2.23. The molecule has 0 aliphatic rings. The molecule has 88 valence electrons. The van der Waals surface area contributed by atoms with Gasteiger partial charge in [0.15, 0.2) is 5.78 Å². The molecule has 0 saturated carbocycles. The van der Waals surface area contributed by atoms with Crippen LogP contribution in [-0.4, -0.2) is 15.3 Å². The van der Waals surface area contributed by atoms with Crippen LogP contribution < -0.4 is 5.56 Å². The smallest absolute Gasteiger partial charge is 0.253 e. The minimum atomic E-state index is -0.210. The Hall–Kier alpha value is -1.27. The van der Waals surface area contributed by atoms with Crippen LogP contribution in [0.5, 0.6) is 0 Å². The number of nitrogens with zero attached hydrogens (tertiary/aromatic N) is 2. The average Bonchev–Trinajstić information content (AvgIpc) is 2.68. The summed E-state index contributed by atoms with van der Waals surface area (Å²) in [7, 11) is 0. The van der Waals surface area contributed by atoms with Gasteiger partial charge in [0.2, 0.25) is 0 Å². The lowest BCUT2D eigenvalue weighted by atomic mass is 10.3. The van der Waals surface area contributed by atoms with Gasteiger partial charge in [0.1, 0.15) is 0 Å². The van der Waals surface area contributed by atoms with E-state index in [1.165, 1.54) is 28.3 Å². The number of ketones is 1. The Morgan fingerprint density at radius 3 is 2.94 bits per heavy atom. The van der Waals surface area contributed by atoms with Crippen LogP contribution in [0.3, 0.4) is 0 Å². The van der Waals surface area contributed by atoms with E-state index in [0.29, 0.717) is 10.6 Å². The SMILES string of the molecule is Cc1cc(=O)n(CC(=O)c2sccc2Br)cn1. The van der Waals surface area contributed by atoms with E-state index in [-0.39, 0.29) is 17.9 Å². The molecule has 0 aromatic carbocycles. The van der Waals surface area contributed by atoms with Crippen molar-refractivity contribution in [3.05, 3.63) is 49.2 Å². The van der Waals surface area contributed by atoms with E-state index in [4.69, 9.17) is 0 Å². The molecule has 0 saturated heterocycles. The number of aromatic nitrogens is 2. The molecule has 2 aromatic heterocycles. The maximum Gasteiger partial charge on any atom is 0.253 e. The zero-order valence-electron chi connectivity index (χ0n) is 9.01. The number of aryl methyl sites for hydroxylation is 1. The molecule has 2 rings (SSSR count). The van der Waals surface area contributed by atoms with E-state index in [1.807, 2.05) is 11.4 Å². The largest absolute Gasteiger partial charge is 0.291 e. The zero-order chi connectivity index (χ0) is 12.4. The topological polar surface area (TPSA) is 52.0 Å². The molecule has 0 N–H and O–H groups in total. The summed E-state index contributed by atoms with van der Waals surface area (Å²) >= 11 is 4.65. The van der Waals surface area contributed by atoms with Crippen molar-refractivity contribution in [1.29, 1.82) is 0 Å². The minimum Gasteiger partial charge on any atom is -0.291 e. The molecule has 0 atom stereocenters. The number of carbonyl (C=O) groups is 1. The number of rotatable bonds is 3. The van der Waals surface area contributed by atoms with E-state index < -0.39 is 0 Å². The minimum absolute atomic E-state index is 0.0191. The highest BCUT2D eigenvalue weighted by molar-refractivity contribution is 9.10. The Kier molecular flexibility index (Phi) is 3.54. The summed E-state index contributed by atoms with van der Waals surface area (Å²) in [5.74, 6) is -0.0976. The first-order chi connectivity index (χ1) is 8.08. The summed E-state index contributed by atoms with van der Waals surface area (Å²) in [6, 6.07) is 3.23. The van der Waals surface area contributed by atoms with Crippen molar-refractivity contribution in [3.63, 3.8) is 0 Å². The predicted molar refractivity (Wildman–Crippen MR) is 69.6 cm³/mol. The second-order valence-corrected chi connectivity index (χ2v) is 5.29. The van der Waals surface area contributed by atoms with E-state index in [2.05, 4.69) is 20.9 Å². The van der Waals surface area contributed by atoms with Gasteiger partial charge in [0, 0.05) is 16.2 Å². The van der Waals surface area contributed by atoms with Gasteiger partial charge in [-0.25, -0.2) is 4.98 Å². The molecule has 6 heteroatoms. The predicted octanol–water partition coefficient (Wildman–Crippen LogP) is 2.26. The maximum absolute atomic E-state index is 11.9. The first-order valence-electron chi connectivity index (χ1n) is 4.87. The molecular formula is C11H9BrN2O2S. The summed E-state index contributed by atoms with van der Waals surface area (Å²) in [6.07, 6.45) is 1.40. The van der Waals surface area contributed by atoms with Crippen molar-refractivity contribution in [1.82, 2.24) is 9.55 Å². The van der Waals surface area contributed by atoms with Gasteiger partial charge in [0.05, 0.1) is 17.7 Å². The molecule has 4 nitrogen and oxygen atoms in total. The summed E-state index contributed by atoms with van der Waals surface area (Å²) in [4.78, 5) is 28.1. The molecule has 0 aliphatic heterocycles. The average molecular weight is 313 g/mol. The van der Waals surface area contributed by atoms with E-state index in [0.717, 1.165) is 4.47 Å². The fourth-order valence-corrected chi connectivity index (χ4v) is 2.88. The Morgan fingerprint density at radius 2 is 2.35 bits per heavy atom. The first kappa shape index (κ1) is 12.2. The second-order valence-electron chi connectivity index (χ2n) is 3.52. The normalized spacial score (nSPS) is 10.5. The monoisotopic (exact) mass is 312 g/mol. The third kappa shape index (κ3) is 2.70. The molecule has 2 heterocycles. The third-order valence-corrected chi connectivity index (χ3v) is 4.08. The van der Waals surface area contributed by atoms with Crippen molar-refractivity contribution in [2.45, 2.75) is 13.5 Å². The molecule has 0 spiro atoms. The van der Waals surface area contributed by atoms with Gasteiger partial charge >= 0.3 is 0 Å². The van der Waals surface area contributed by atoms with Crippen molar-refractivity contribution in [2.75, 3.05) is 0 Å². The maximum atomic E-state index is 11.9. The Morgan fingerprint density at radius 1 is 1.59 bits per heavy atom. The lowest BCUT2D eigenvalue weighted by Crippen LogP contribution is -2.24. The molecule has 0 fully saturated rings. The molecule has 17 heavy (non-hydrogen) atoms. The fourth-order valence-electron chi connectivity index (χ4n) is 1.35. The van der Waals surface area contributed by atoms with Crippen LogP contribution in [0.4, 0.5) is 0 Å². The lowest BCUT2D eigenvalue weighted by Gasteiger charge is -2.03. The number of thiophene rings is 1. The fraction of sp³-hybridized carbons (Fsp3) is 0.182. The Bertz CT molecular complexity index is 618. The Balaban J connectivity index is 2.25. The quantitative estimate of drug-likeness (QED) is 0.817. The number of Topliss-reactive ketones (excluding diaryl/α,β-unsaturated/α-hetero) is 1. The number of hydrogen-bond acceptors (Lipinski definition) is 4. The molecule has 0 radical (unpaired) electrons. The van der Waals surface area contributed by atoms with Crippen LogP contribution in [-0.2, 0) is 6.54 Å². The van der Waals surface area contributed by atoms with Gasteiger partial charge in [-0.3, -0.25) is 14.2 Å². The molecular weight excluding hydrogens is 304 g/mol. The molecule has 0 unspecified atom stereocenters. The van der Waals surface area contributed by atoms with Crippen LogP contribution in [0, 0.1) is 6.92 Å². The highest BCUT2D eigenvalue weighted by atomic mass is 79.9. The number of hydrogen-bond donors (Lipinski definition) is 0. The standard InChI is InChI=1S/C11H9BrN2O2S/c1-7-4-10(16)14(6-13-7)5-9(15)11-8(12)2-3-17-11/h2-4,6H,5H2,1H3. The summed E-state index contributed by atoms with van der Waals surface area (Å²) in [5.41, 5.74) is 0.439. The van der Waals surface area contributed by atoms with E-state index in [1.54, 1.807) is 6.92 Å². The van der Waals surface area contributed by atoms with Gasteiger partial charge < -0.3 is 0 Å². The summed E-state index contributed by atoms with van der Waals surface area (Å²) in [5, 5.41) is 1.83. The van der Waals surface area contributed by atoms with Gasteiger partial charge in [-0.15, -0.1) is 11.3 Å². The van der Waals surface area contributed by atoms with Crippen LogP contribution in [0.1, 0.15) is 15.4 Å². The number of halogens is 1. The lowest BCUT2D eigenvalue weighted by molar-refractivity contribution is 0.0973. The van der Waals surface area contributed by atoms with Crippen molar-refractivity contribution < 1.29 is 4.79 Å². The van der Waals surface area contributed by atoms with Crippen LogP contribution >= 0.6 is 27.3 Å². The third-order valence-electron chi connectivity index (χ3n) is 2.20. The van der Waals surface area contributed by atoms with Gasteiger partial charge in [-0.2, -0.15) is 0 Å². The van der Waals surface area contributed by atoms with Crippen molar-refractivity contribution in [3.8, 4) is 0 Å². The molecule has 0 amide bonds. The molecule has 0 bridgehead atoms. The van der Waals surface area contributed by atoms with Gasteiger partial charge in [-0.1, -0.05) is 0 Å². The van der Waals surface area contributed by atoms with Crippen molar-refractivity contribution in [2.24, 2.45) is 0 Å². The van der Waals surface area contributed by atoms with Crippen LogP contribution in [0.2, 0.25) is 0 Å². The van der Waals surface area contributed by atoms with E-state index >= 15 is 0 Å². The highest BCUT2D eigenvalue weighted by Gasteiger charge is 2.12. The molecule has 0 aliphatic carbocycles. The van der Waals surface area contributed by atoms with E-state index in [9.17, 15) is 9.59 Å². The summed E-state index contributed by atoms with van der Waals surface area (Å²) in [6.45, 7) is 1.76. The zero-order valence-corrected chi connectivity index (χ0v) is 11.4. The Labute approximate surface area is 110 Å². The van der Waals surface area contributed by atoms with Crippen LogP contribution in [0.25, 0.3) is 0 Å².